The highest BCUT2D eigenvalue weighted by Gasteiger charge is 2.25. The van der Waals surface area contributed by atoms with E-state index in [4.69, 9.17) is 4.98 Å². The maximum absolute atomic E-state index is 11.6. The summed E-state index contributed by atoms with van der Waals surface area (Å²) in [6.07, 6.45) is 8.60. The Morgan fingerprint density at radius 2 is 1.88 bits per heavy atom. The quantitative estimate of drug-likeness (QED) is 0.840. The Bertz CT molecular complexity index is 749. The molecule has 0 aliphatic heterocycles. The third-order valence-electron chi connectivity index (χ3n) is 5.06. The van der Waals surface area contributed by atoms with Gasteiger partial charge in [0.15, 0.2) is 0 Å². The lowest BCUT2D eigenvalue weighted by molar-refractivity contribution is 0.0697. The van der Waals surface area contributed by atoms with Crippen molar-refractivity contribution in [2.75, 3.05) is 0 Å². The molecule has 0 amide bonds. The minimum atomic E-state index is -0.908. The summed E-state index contributed by atoms with van der Waals surface area (Å²) in [6, 6.07) is 7.13. The molecule has 4 heteroatoms. The van der Waals surface area contributed by atoms with E-state index in [1.165, 1.54) is 32.1 Å². The molecule has 1 aliphatic carbocycles. The highest BCUT2D eigenvalue weighted by atomic mass is 16.4. The number of hydrogen-bond acceptors (Lipinski definition) is 2. The van der Waals surface area contributed by atoms with Crippen molar-refractivity contribution in [3.05, 3.63) is 41.9 Å². The zero-order valence-corrected chi connectivity index (χ0v) is 15.5. The molecule has 2 aromatic rings. The lowest BCUT2D eigenvalue weighted by Crippen LogP contribution is -2.22. The van der Waals surface area contributed by atoms with Gasteiger partial charge in [0, 0.05) is 23.7 Å². The fourth-order valence-electron chi connectivity index (χ4n) is 3.82. The van der Waals surface area contributed by atoms with Crippen LogP contribution >= 0.6 is 0 Å². The van der Waals surface area contributed by atoms with Crippen LogP contribution in [-0.4, -0.2) is 20.6 Å². The second-order valence-electron chi connectivity index (χ2n) is 8.21. The van der Waals surface area contributed by atoms with Crippen molar-refractivity contribution in [1.82, 2.24) is 9.55 Å². The molecule has 0 unspecified atom stereocenters. The predicted molar refractivity (Wildman–Crippen MR) is 99.9 cm³/mol. The average molecular weight is 340 g/mol. The monoisotopic (exact) mass is 340 g/mol. The van der Waals surface area contributed by atoms with E-state index in [-0.39, 0.29) is 5.41 Å². The highest BCUT2D eigenvalue weighted by Crippen LogP contribution is 2.31. The Morgan fingerprint density at radius 1 is 1.20 bits per heavy atom. The molecule has 1 saturated carbocycles. The third-order valence-corrected chi connectivity index (χ3v) is 5.06. The van der Waals surface area contributed by atoms with Crippen molar-refractivity contribution in [3.63, 3.8) is 0 Å². The van der Waals surface area contributed by atoms with Crippen LogP contribution in [0.15, 0.2) is 30.5 Å². The second kappa shape index (κ2) is 7.03. The van der Waals surface area contributed by atoms with Gasteiger partial charge in [0.25, 0.3) is 0 Å². The predicted octanol–water partition coefficient (Wildman–Crippen LogP) is 5.13. The van der Waals surface area contributed by atoms with E-state index >= 15 is 0 Å². The van der Waals surface area contributed by atoms with Gasteiger partial charge < -0.3 is 9.67 Å². The van der Waals surface area contributed by atoms with E-state index in [2.05, 4.69) is 31.5 Å². The summed E-state index contributed by atoms with van der Waals surface area (Å²) >= 11 is 0. The molecule has 1 fully saturated rings. The second-order valence-corrected chi connectivity index (χ2v) is 8.21. The van der Waals surface area contributed by atoms with Crippen LogP contribution in [0.25, 0.3) is 11.3 Å². The minimum Gasteiger partial charge on any atom is -0.478 e. The number of carboxylic acid groups (broad SMARTS) is 1. The van der Waals surface area contributed by atoms with Gasteiger partial charge in [0.1, 0.15) is 5.82 Å². The van der Waals surface area contributed by atoms with E-state index in [1.807, 2.05) is 12.1 Å². The van der Waals surface area contributed by atoms with Crippen molar-refractivity contribution in [3.8, 4) is 11.3 Å². The average Bonchev–Trinajstić information content (AvgIpc) is 3.00. The molecule has 0 bridgehead atoms. The largest absolute Gasteiger partial charge is 0.478 e. The van der Waals surface area contributed by atoms with Crippen LogP contribution in [-0.2, 0) is 12.0 Å². The Hall–Kier alpha value is -2.10. The number of hydrogen-bond donors (Lipinski definition) is 1. The van der Waals surface area contributed by atoms with E-state index < -0.39 is 5.97 Å². The molecule has 0 radical (unpaired) electrons. The van der Waals surface area contributed by atoms with Crippen molar-refractivity contribution in [1.29, 1.82) is 0 Å². The van der Waals surface area contributed by atoms with Gasteiger partial charge in [0.05, 0.1) is 11.3 Å². The maximum atomic E-state index is 11.6. The fourth-order valence-corrected chi connectivity index (χ4v) is 3.82. The summed E-state index contributed by atoms with van der Waals surface area (Å²) in [5, 5.41) is 9.49. The number of aromatic nitrogens is 2. The molecule has 1 aromatic heterocycles. The molecule has 0 saturated heterocycles. The summed E-state index contributed by atoms with van der Waals surface area (Å²) in [4.78, 5) is 16.4. The summed E-state index contributed by atoms with van der Waals surface area (Å²) in [5.74, 6) is 0.828. The molecule has 3 rings (SSSR count). The summed E-state index contributed by atoms with van der Waals surface area (Å²) in [7, 11) is 0. The SMILES string of the molecule is CC(C)(C)c1nc(-c2ccccc2C(=O)O)cn1CC1CCCCC1. The van der Waals surface area contributed by atoms with Crippen LogP contribution in [0.2, 0.25) is 0 Å². The number of carbonyl (C=O) groups is 1. The number of carboxylic acids is 1. The molecule has 1 aliphatic rings. The first-order valence-electron chi connectivity index (χ1n) is 9.26. The smallest absolute Gasteiger partial charge is 0.336 e. The van der Waals surface area contributed by atoms with Gasteiger partial charge >= 0.3 is 5.97 Å². The Labute approximate surface area is 149 Å². The van der Waals surface area contributed by atoms with Crippen LogP contribution in [0.1, 0.15) is 69.1 Å². The topological polar surface area (TPSA) is 55.1 Å². The minimum absolute atomic E-state index is 0.0783. The van der Waals surface area contributed by atoms with Crippen LogP contribution in [0.4, 0.5) is 0 Å². The van der Waals surface area contributed by atoms with Gasteiger partial charge in [-0.15, -0.1) is 0 Å². The van der Waals surface area contributed by atoms with Gasteiger partial charge in [-0.3, -0.25) is 0 Å². The van der Waals surface area contributed by atoms with Crippen LogP contribution in [0.5, 0.6) is 0 Å². The normalized spacial score (nSPS) is 16.1. The molecule has 4 nitrogen and oxygen atoms in total. The Kier molecular flexibility index (Phi) is 4.98. The molecule has 1 aromatic carbocycles. The van der Waals surface area contributed by atoms with E-state index in [9.17, 15) is 9.90 Å². The molecular weight excluding hydrogens is 312 g/mol. The first-order chi connectivity index (χ1) is 11.9. The molecule has 134 valence electrons. The summed E-state index contributed by atoms with van der Waals surface area (Å²) in [5.41, 5.74) is 1.69. The molecule has 0 spiro atoms. The lowest BCUT2D eigenvalue weighted by Gasteiger charge is -2.25. The Balaban J connectivity index is 2.00. The van der Waals surface area contributed by atoms with Gasteiger partial charge in [-0.2, -0.15) is 0 Å². The van der Waals surface area contributed by atoms with Gasteiger partial charge in [-0.05, 0) is 24.8 Å². The number of aromatic carboxylic acids is 1. The fraction of sp³-hybridized carbons (Fsp3) is 0.524. The van der Waals surface area contributed by atoms with Crippen LogP contribution in [0, 0.1) is 5.92 Å². The number of imidazole rings is 1. The molecule has 0 atom stereocenters. The zero-order valence-electron chi connectivity index (χ0n) is 15.5. The molecule has 1 heterocycles. The zero-order chi connectivity index (χ0) is 18.0. The van der Waals surface area contributed by atoms with Gasteiger partial charge in [-0.25, -0.2) is 9.78 Å². The first-order valence-corrected chi connectivity index (χ1v) is 9.26. The van der Waals surface area contributed by atoms with E-state index in [0.29, 0.717) is 17.0 Å². The summed E-state index contributed by atoms with van der Waals surface area (Å²) in [6.45, 7) is 7.48. The highest BCUT2D eigenvalue weighted by molar-refractivity contribution is 5.95. The van der Waals surface area contributed by atoms with Crippen LogP contribution in [0.3, 0.4) is 0 Å². The Morgan fingerprint density at radius 3 is 2.52 bits per heavy atom. The van der Waals surface area contributed by atoms with Crippen molar-refractivity contribution < 1.29 is 9.90 Å². The number of nitrogens with zero attached hydrogens (tertiary/aromatic N) is 2. The lowest BCUT2D eigenvalue weighted by atomic mass is 9.88. The number of rotatable bonds is 4. The van der Waals surface area contributed by atoms with Crippen LogP contribution < -0.4 is 0 Å². The van der Waals surface area contributed by atoms with Gasteiger partial charge in [-0.1, -0.05) is 58.2 Å². The maximum Gasteiger partial charge on any atom is 0.336 e. The molecular formula is C21H28N2O2. The number of benzene rings is 1. The molecule has 25 heavy (non-hydrogen) atoms. The first kappa shape index (κ1) is 17.7. The van der Waals surface area contributed by atoms with Gasteiger partial charge in [0.2, 0.25) is 0 Å². The summed E-state index contributed by atoms with van der Waals surface area (Å²) < 4.78 is 2.27. The molecule has 1 N–H and O–H groups in total. The van der Waals surface area contributed by atoms with Crippen molar-refractivity contribution in [2.45, 2.75) is 64.8 Å². The van der Waals surface area contributed by atoms with E-state index in [1.54, 1.807) is 12.1 Å². The van der Waals surface area contributed by atoms with E-state index in [0.717, 1.165) is 18.1 Å². The van der Waals surface area contributed by atoms with Crippen molar-refractivity contribution in [2.24, 2.45) is 5.92 Å². The third kappa shape index (κ3) is 3.94. The standard InChI is InChI=1S/C21H28N2O2/c1-21(2,3)20-22-18(16-11-7-8-12-17(16)19(24)25)14-23(20)13-15-9-5-4-6-10-15/h7-8,11-12,14-15H,4-6,9-10,13H2,1-3H3,(H,24,25). The van der Waals surface area contributed by atoms with Crippen molar-refractivity contribution >= 4 is 5.97 Å².